The molecule has 1 saturated heterocycles. The second-order valence-electron chi connectivity index (χ2n) is 8.27. The van der Waals surface area contributed by atoms with Gasteiger partial charge in [-0.2, -0.15) is 0 Å². The highest BCUT2D eigenvalue weighted by molar-refractivity contribution is 5.95. The molecule has 2 aliphatic rings. The van der Waals surface area contributed by atoms with E-state index in [1.165, 1.54) is 25.7 Å². The topological polar surface area (TPSA) is 55.2 Å². The van der Waals surface area contributed by atoms with Crippen LogP contribution in [0.2, 0.25) is 0 Å². The summed E-state index contributed by atoms with van der Waals surface area (Å²) in [7, 11) is 0. The Kier molecular flexibility index (Phi) is 5.60. The second-order valence-corrected chi connectivity index (χ2v) is 8.27. The largest absolute Gasteiger partial charge is 0.343 e. The molecule has 5 nitrogen and oxygen atoms in total. The summed E-state index contributed by atoms with van der Waals surface area (Å²) in [6.45, 7) is 4.14. The van der Waals surface area contributed by atoms with Gasteiger partial charge in [0.2, 0.25) is 0 Å². The summed E-state index contributed by atoms with van der Waals surface area (Å²) in [5, 5.41) is 0. The van der Waals surface area contributed by atoms with Crippen LogP contribution in [0.25, 0.3) is 0 Å². The third-order valence-corrected chi connectivity index (χ3v) is 6.25. The maximum Gasteiger partial charge on any atom is 0.259 e. The van der Waals surface area contributed by atoms with Gasteiger partial charge in [0, 0.05) is 49.5 Å². The maximum atomic E-state index is 13.3. The number of carbonyl (C=O) groups excluding carboxylic acids is 1. The molecule has 0 spiro atoms. The van der Waals surface area contributed by atoms with E-state index < -0.39 is 0 Å². The number of hydrogen-bond donors (Lipinski definition) is 0. The molecule has 1 amide bonds. The standard InChI is InChI=1S/C23H29N3O2/c1-17-13-21(27)22(23(28)25-11-4-5-12-25)20(14-18-7-2-3-8-18)26(17)16-19-9-6-10-24-15-19/h6,9-10,13,15,18H,2-5,7-8,11-12,14,16H2,1H3. The molecule has 0 radical (unpaired) electrons. The molecule has 0 N–H and O–H groups in total. The van der Waals surface area contributed by atoms with E-state index >= 15 is 0 Å². The maximum absolute atomic E-state index is 13.3. The Bertz CT molecular complexity index is 892. The Labute approximate surface area is 166 Å². The van der Waals surface area contributed by atoms with Crippen LogP contribution in [0.3, 0.4) is 0 Å². The van der Waals surface area contributed by atoms with Gasteiger partial charge in [0.25, 0.3) is 5.91 Å². The predicted molar refractivity (Wildman–Crippen MR) is 110 cm³/mol. The molecule has 3 heterocycles. The van der Waals surface area contributed by atoms with Gasteiger partial charge in [-0.25, -0.2) is 0 Å². The summed E-state index contributed by atoms with van der Waals surface area (Å²) in [5.41, 5.74) is 3.21. The van der Waals surface area contributed by atoms with Gasteiger partial charge in [-0.3, -0.25) is 14.6 Å². The number of rotatable bonds is 5. The SMILES string of the molecule is Cc1cc(=O)c(C(=O)N2CCCC2)c(CC2CCCC2)n1Cc1cccnc1. The fraction of sp³-hybridized carbons (Fsp3) is 0.522. The van der Waals surface area contributed by atoms with Crippen LogP contribution in [0.15, 0.2) is 35.4 Å². The van der Waals surface area contributed by atoms with Crippen molar-refractivity contribution >= 4 is 5.91 Å². The highest BCUT2D eigenvalue weighted by Gasteiger charge is 2.28. The Hall–Kier alpha value is -2.43. The minimum Gasteiger partial charge on any atom is -0.343 e. The van der Waals surface area contributed by atoms with Crippen molar-refractivity contribution < 1.29 is 4.79 Å². The predicted octanol–water partition coefficient (Wildman–Crippen LogP) is 3.57. The first-order valence-corrected chi connectivity index (χ1v) is 10.5. The molecule has 148 valence electrons. The third-order valence-electron chi connectivity index (χ3n) is 6.25. The fourth-order valence-electron chi connectivity index (χ4n) is 4.73. The number of aryl methyl sites for hydroxylation is 1. The number of likely N-dealkylation sites (tertiary alicyclic amines) is 1. The van der Waals surface area contributed by atoms with E-state index in [2.05, 4.69) is 9.55 Å². The Morgan fingerprint density at radius 2 is 1.93 bits per heavy atom. The number of amides is 1. The zero-order chi connectivity index (χ0) is 19.5. The lowest BCUT2D eigenvalue weighted by Gasteiger charge is -2.24. The van der Waals surface area contributed by atoms with Crippen molar-refractivity contribution in [2.24, 2.45) is 5.92 Å². The lowest BCUT2D eigenvalue weighted by atomic mass is 9.96. The molecular weight excluding hydrogens is 350 g/mol. The minimum absolute atomic E-state index is 0.0737. The molecule has 0 bridgehead atoms. The van der Waals surface area contributed by atoms with Crippen molar-refractivity contribution in [2.75, 3.05) is 13.1 Å². The normalized spacial score (nSPS) is 17.4. The van der Waals surface area contributed by atoms with E-state index in [0.717, 1.165) is 49.3 Å². The quantitative estimate of drug-likeness (QED) is 0.798. The molecule has 4 rings (SSSR count). The molecule has 1 saturated carbocycles. The summed E-state index contributed by atoms with van der Waals surface area (Å²) in [4.78, 5) is 32.3. The zero-order valence-electron chi connectivity index (χ0n) is 16.7. The number of carbonyl (C=O) groups is 1. The smallest absolute Gasteiger partial charge is 0.259 e. The van der Waals surface area contributed by atoms with E-state index in [-0.39, 0.29) is 11.3 Å². The summed E-state index contributed by atoms with van der Waals surface area (Å²) < 4.78 is 2.18. The highest BCUT2D eigenvalue weighted by Crippen LogP contribution is 2.29. The van der Waals surface area contributed by atoms with Gasteiger partial charge < -0.3 is 9.47 Å². The molecule has 2 aromatic heterocycles. The molecule has 0 atom stereocenters. The Balaban J connectivity index is 1.79. The van der Waals surface area contributed by atoms with E-state index in [9.17, 15) is 9.59 Å². The summed E-state index contributed by atoms with van der Waals surface area (Å²) in [6, 6.07) is 5.61. The average Bonchev–Trinajstić information content (AvgIpc) is 3.39. The van der Waals surface area contributed by atoms with Crippen LogP contribution < -0.4 is 5.43 Å². The molecule has 1 aliphatic heterocycles. The highest BCUT2D eigenvalue weighted by atomic mass is 16.2. The lowest BCUT2D eigenvalue weighted by molar-refractivity contribution is 0.0789. The molecule has 2 aromatic rings. The number of pyridine rings is 2. The van der Waals surface area contributed by atoms with E-state index in [1.807, 2.05) is 30.2 Å². The first-order valence-electron chi connectivity index (χ1n) is 10.5. The van der Waals surface area contributed by atoms with Gasteiger partial charge in [-0.1, -0.05) is 31.7 Å². The van der Waals surface area contributed by atoms with Crippen molar-refractivity contribution in [3.05, 3.63) is 63.3 Å². The summed E-state index contributed by atoms with van der Waals surface area (Å²) in [6.07, 6.45) is 11.4. The van der Waals surface area contributed by atoms with E-state index in [1.54, 1.807) is 12.3 Å². The number of hydrogen-bond acceptors (Lipinski definition) is 3. The molecule has 5 heteroatoms. The van der Waals surface area contributed by atoms with Crippen molar-refractivity contribution in [3.63, 3.8) is 0 Å². The summed E-state index contributed by atoms with van der Waals surface area (Å²) >= 11 is 0. The van der Waals surface area contributed by atoms with Crippen molar-refractivity contribution in [3.8, 4) is 0 Å². The Morgan fingerprint density at radius 1 is 1.18 bits per heavy atom. The number of aromatic nitrogens is 2. The zero-order valence-corrected chi connectivity index (χ0v) is 16.7. The van der Waals surface area contributed by atoms with Crippen LogP contribution in [0.4, 0.5) is 0 Å². The van der Waals surface area contributed by atoms with Crippen molar-refractivity contribution in [1.82, 2.24) is 14.5 Å². The van der Waals surface area contributed by atoms with Gasteiger partial charge in [-0.15, -0.1) is 0 Å². The average molecular weight is 380 g/mol. The molecule has 1 aliphatic carbocycles. The first-order chi connectivity index (χ1) is 13.6. The van der Waals surface area contributed by atoms with Crippen LogP contribution in [0.5, 0.6) is 0 Å². The lowest BCUT2D eigenvalue weighted by Crippen LogP contribution is -2.35. The van der Waals surface area contributed by atoms with Gasteiger partial charge in [-0.05, 0) is 43.7 Å². The number of nitrogens with zero attached hydrogens (tertiary/aromatic N) is 3. The van der Waals surface area contributed by atoms with Gasteiger partial charge >= 0.3 is 0 Å². The van der Waals surface area contributed by atoms with Gasteiger partial charge in [0.1, 0.15) is 5.56 Å². The van der Waals surface area contributed by atoms with Crippen LogP contribution in [0, 0.1) is 12.8 Å². The molecule has 2 fully saturated rings. The van der Waals surface area contributed by atoms with Crippen LogP contribution in [0.1, 0.15) is 65.8 Å². The van der Waals surface area contributed by atoms with Gasteiger partial charge in [0.05, 0.1) is 0 Å². The fourth-order valence-corrected chi connectivity index (χ4v) is 4.73. The van der Waals surface area contributed by atoms with E-state index in [4.69, 9.17) is 0 Å². The van der Waals surface area contributed by atoms with Crippen molar-refractivity contribution in [2.45, 2.75) is 58.4 Å². The van der Waals surface area contributed by atoms with Crippen LogP contribution in [-0.2, 0) is 13.0 Å². The Morgan fingerprint density at radius 3 is 2.61 bits per heavy atom. The molecule has 0 unspecified atom stereocenters. The van der Waals surface area contributed by atoms with E-state index in [0.29, 0.717) is 18.0 Å². The van der Waals surface area contributed by atoms with Gasteiger partial charge in [0.15, 0.2) is 5.43 Å². The first kappa shape index (κ1) is 18.9. The minimum atomic E-state index is -0.121. The van der Waals surface area contributed by atoms with Crippen molar-refractivity contribution in [1.29, 1.82) is 0 Å². The van der Waals surface area contributed by atoms with Crippen LogP contribution in [-0.4, -0.2) is 33.4 Å². The second kappa shape index (κ2) is 8.29. The summed E-state index contributed by atoms with van der Waals surface area (Å²) in [5.74, 6) is 0.488. The third kappa shape index (κ3) is 3.89. The molecular formula is C23H29N3O2. The monoisotopic (exact) mass is 379 g/mol. The molecule has 0 aromatic carbocycles. The molecule has 28 heavy (non-hydrogen) atoms. The van der Waals surface area contributed by atoms with Crippen LogP contribution >= 0.6 is 0 Å².